The largest absolute Gasteiger partial charge is 0.478 e. The summed E-state index contributed by atoms with van der Waals surface area (Å²) in [6, 6.07) is 1.51. The molecule has 98 valence electrons. The molecule has 0 saturated heterocycles. The van der Waals surface area contributed by atoms with Gasteiger partial charge in [-0.25, -0.2) is 9.78 Å². The first-order valence-corrected chi connectivity index (χ1v) is 6.27. The summed E-state index contributed by atoms with van der Waals surface area (Å²) in [6.45, 7) is 2.16. The number of nitrogen functional groups attached to an aromatic ring is 1. The molecule has 1 heterocycles. The third-order valence-corrected chi connectivity index (χ3v) is 3.55. The summed E-state index contributed by atoms with van der Waals surface area (Å²) in [5.41, 5.74) is 5.90. The van der Waals surface area contributed by atoms with E-state index in [0.29, 0.717) is 5.82 Å². The highest BCUT2D eigenvalue weighted by Crippen LogP contribution is 2.31. The monoisotopic (exact) mass is 249 g/mol. The molecule has 0 aliphatic heterocycles. The van der Waals surface area contributed by atoms with Crippen LogP contribution in [-0.4, -0.2) is 21.6 Å². The van der Waals surface area contributed by atoms with Gasteiger partial charge in [-0.15, -0.1) is 0 Å². The second-order valence-electron chi connectivity index (χ2n) is 5.21. The molecule has 0 radical (unpaired) electrons. The number of carbonyl (C=O) groups is 1. The Kier molecular flexibility index (Phi) is 3.41. The van der Waals surface area contributed by atoms with Crippen molar-refractivity contribution >= 4 is 17.5 Å². The van der Waals surface area contributed by atoms with Crippen LogP contribution in [0.25, 0.3) is 0 Å². The average Bonchev–Trinajstić information content (AvgIpc) is 2.32. The molecule has 0 amide bonds. The van der Waals surface area contributed by atoms with Gasteiger partial charge in [0.15, 0.2) is 0 Å². The Hall–Kier alpha value is -1.78. The van der Waals surface area contributed by atoms with E-state index in [1.807, 2.05) is 0 Å². The first-order valence-electron chi connectivity index (χ1n) is 6.27. The smallest absolute Gasteiger partial charge is 0.337 e. The summed E-state index contributed by atoms with van der Waals surface area (Å²) in [5, 5.41) is 12.4. The fourth-order valence-corrected chi connectivity index (χ4v) is 2.49. The van der Waals surface area contributed by atoms with Crippen molar-refractivity contribution in [3.05, 3.63) is 17.8 Å². The van der Waals surface area contributed by atoms with Crippen molar-refractivity contribution in [2.75, 3.05) is 11.1 Å². The van der Waals surface area contributed by atoms with Gasteiger partial charge in [0.05, 0.1) is 17.4 Å². The lowest BCUT2D eigenvalue weighted by molar-refractivity contribution is 0.0698. The summed E-state index contributed by atoms with van der Waals surface area (Å²) in [4.78, 5) is 15.2. The van der Waals surface area contributed by atoms with Crippen molar-refractivity contribution < 1.29 is 9.90 Å². The lowest BCUT2D eigenvalue weighted by atomic mass is 9.83. The molecule has 0 aromatic carbocycles. The molecule has 1 aromatic heterocycles. The van der Waals surface area contributed by atoms with Crippen LogP contribution in [0.3, 0.4) is 0 Å². The summed E-state index contributed by atoms with van der Waals surface area (Å²) in [7, 11) is 0. The van der Waals surface area contributed by atoms with Crippen molar-refractivity contribution in [3.8, 4) is 0 Å². The molecule has 2 rings (SSSR count). The van der Waals surface area contributed by atoms with Gasteiger partial charge < -0.3 is 16.2 Å². The van der Waals surface area contributed by atoms with Crippen LogP contribution < -0.4 is 11.1 Å². The standard InChI is InChI=1S/C13H19N3O2/c1-13(5-3-2-4-6-13)16-11-7-9(12(17)18)10(14)8-15-11/h7-8H,2-6,14H2,1H3,(H,15,16)(H,17,18). The number of carboxylic acid groups (broad SMARTS) is 1. The number of aromatic nitrogens is 1. The molecule has 5 heteroatoms. The number of nitrogens with two attached hydrogens (primary N) is 1. The second-order valence-corrected chi connectivity index (χ2v) is 5.21. The molecule has 1 fully saturated rings. The maximum Gasteiger partial charge on any atom is 0.337 e. The van der Waals surface area contributed by atoms with Gasteiger partial charge in [0.25, 0.3) is 0 Å². The summed E-state index contributed by atoms with van der Waals surface area (Å²) < 4.78 is 0. The van der Waals surface area contributed by atoms with Gasteiger partial charge in [-0.1, -0.05) is 19.3 Å². The van der Waals surface area contributed by atoms with Gasteiger partial charge in [0.1, 0.15) is 5.82 Å². The fraction of sp³-hybridized carbons (Fsp3) is 0.538. The molecule has 0 atom stereocenters. The van der Waals surface area contributed by atoms with Crippen LogP contribution >= 0.6 is 0 Å². The minimum atomic E-state index is -1.02. The Morgan fingerprint density at radius 2 is 2.11 bits per heavy atom. The van der Waals surface area contributed by atoms with Crippen LogP contribution in [0.4, 0.5) is 11.5 Å². The molecule has 18 heavy (non-hydrogen) atoms. The summed E-state index contributed by atoms with van der Waals surface area (Å²) in [5.74, 6) is -0.433. The van der Waals surface area contributed by atoms with Gasteiger partial charge in [0.2, 0.25) is 0 Å². The first kappa shape index (κ1) is 12.7. The Balaban J connectivity index is 2.18. The minimum absolute atomic E-state index is 0.0111. The molecule has 1 aliphatic carbocycles. The van der Waals surface area contributed by atoms with Crippen LogP contribution in [0.15, 0.2) is 12.3 Å². The number of hydrogen-bond acceptors (Lipinski definition) is 4. The molecular formula is C13H19N3O2. The zero-order valence-corrected chi connectivity index (χ0v) is 10.6. The Labute approximate surface area is 106 Å². The van der Waals surface area contributed by atoms with Crippen LogP contribution in [0, 0.1) is 0 Å². The highest BCUT2D eigenvalue weighted by atomic mass is 16.4. The van der Waals surface area contributed by atoms with Crippen molar-refractivity contribution in [3.63, 3.8) is 0 Å². The number of rotatable bonds is 3. The highest BCUT2D eigenvalue weighted by molar-refractivity contribution is 5.94. The van der Waals surface area contributed by atoms with Gasteiger partial charge in [-0.05, 0) is 25.8 Å². The molecule has 0 bridgehead atoms. The lowest BCUT2D eigenvalue weighted by Crippen LogP contribution is -2.37. The molecule has 0 spiro atoms. The number of carboxylic acids is 1. The third-order valence-electron chi connectivity index (χ3n) is 3.55. The van der Waals surface area contributed by atoms with Gasteiger partial charge >= 0.3 is 5.97 Å². The maximum absolute atomic E-state index is 11.0. The predicted octanol–water partition coefficient (Wildman–Crippen LogP) is 2.50. The van der Waals surface area contributed by atoms with E-state index in [1.165, 1.54) is 31.5 Å². The van der Waals surface area contributed by atoms with Crippen LogP contribution in [0.1, 0.15) is 49.4 Å². The lowest BCUT2D eigenvalue weighted by Gasteiger charge is -2.35. The maximum atomic E-state index is 11.0. The zero-order chi connectivity index (χ0) is 13.2. The predicted molar refractivity (Wildman–Crippen MR) is 70.7 cm³/mol. The van der Waals surface area contributed by atoms with Crippen LogP contribution in [-0.2, 0) is 0 Å². The SMILES string of the molecule is CC1(Nc2cc(C(=O)O)c(N)cn2)CCCCC1. The quantitative estimate of drug-likeness (QED) is 0.766. The zero-order valence-electron chi connectivity index (χ0n) is 10.6. The Bertz CT molecular complexity index is 454. The Morgan fingerprint density at radius 3 is 2.72 bits per heavy atom. The average molecular weight is 249 g/mol. The normalized spacial score (nSPS) is 18.3. The number of hydrogen-bond donors (Lipinski definition) is 3. The van der Waals surface area contributed by atoms with E-state index in [2.05, 4.69) is 17.2 Å². The molecular weight excluding hydrogens is 230 g/mol. The van der Waals surface area contributed by atoms with Crippen molar-refractivity contribution in [2.24, 2.45) is 0 Å². The number of pyridine rings is 1. The van der Waals surface area contributed by atoms with E-state index in [0.717, 1.165) is 12.8 Å². The van der Waals surface area contributed by atoms with Crippen LogP contribution in [0.5, 0.6) is 0 Å². The van der Waals surface area contributed by atoms with Gasteiger partial charge in [0, 0.05) is 5.54 Å². The number of nitrogens with zero attached hydrogens (tertiary/aromatic N) is 1. The Morgan fingerprint density at radius 1 is 1.44 bits per heavy atom. The van der Waals surface area contributed by atoms with E-state index < -0.39 is 5.97 Å². The molecule has 5 nitrogen and oxygen atoms in total. The van der Waals surface area contributed by atoms with E-state index in [1.54, 1.807) is 0 Å². The van der Waals surface area contributed by atoms with Crippen molar-refractivity contribution in [2.45, 2.75) is 44.6 Å². The summed E-state index contributed by atoms with van der Waals surface area (Å²) >= 11 is 0. The van der Waals surface area contributed by atoms with Gasteiger partial charge in [-0.2, -0.15) is 0 Å². The topological polar surface area (TPSA) is 88.2 Å². The molecule has 1 aliphatic rings. The minimum Gasteiger partial charge on any atom is -0.478 e. The highest BCUT2D eigenvalue weighted by Gasteiger charge is 2.27. The fourth-order valence-electron chi connectivity index (χ4n) is 2.49. The number of nitrogens with one attached hydrogen (secondary N) is 1. The molecule has 0 unspecified atom stereocenters. The summed E-state index contributed by atoms with van der Waals surface area (Å²) in [6.07, 6.45) is 7.24. The van der Waals surface area contributed by atoms with Gasteiger partial charge in [-0.3, -0.25) is 0 Å². The number of aromatic carboxylic acids is 1. The molecule has 1 saturated carbocycles. The second kappa shape index (κ2) is 4.84. The molecule has 1 aromatic rings. The van der Waals surface area contributed by atoms with Crippen LogP contribution in [0.2, 0.25) is 0 Å². The van der Waals surface area contributed by atoms with E-state index in [9.17, 15) is 4.79 Å². The van der Waals surface area contributed by atoms with E-state index in [4.69, 9.17) is 10.8 Å². The van der Waals surface area contributed by atoms with Crippen molar-refractivity contribution in [1.82, 2.24) is 4.98 Å². The molecule has 4 N–H and O–H groups in total. The third kappa shape index (κ3) is 2.72. The first-order chi connectivity index (χ1) is 8.50. The van der Waals surface area contributed by atoms with Crippen molar-refractivity contribution in [1.29, 1.82) is 0 Å². The van der Waals surface area contributed by atoms with E-state index in [-0.39, 0.29) is 16.8 Å². The van der Waals surface area contributed by atoms with E-state index >= 15 is 0 Å². The number of anilines is 2.